The van der Waals surface area contributed by atoms with Crippen LogP contribution >= 0.6 is 0 Å². The van der Waals surface area contributed by atoms with Crippen LogP contribution in [0.4, 0.5) is 0 Å². The largest absolute Gasteiger partial charge is 0.467 e. The number of hydrogen-bond acceptors (Lipinski definition) is 10. The van der Waals surface area contributed by atoms with E-state index < -0.39 is 78.2 Å². The summed E-state index contributed by atoms with van der Waals surface area (Å²) in [7, 11) is 1.25. The molecular weight excluding hydrogens is 767 g/mol. The maximum atomic E-state index is 14.0. The van der Waals surface area contributed by atoms with Gasteiger partial charge in [0.25, 0.3) is 5.91 Å². The number of aromatic nitrogens is 1. The van der Waals surface area contributed by atoms with E-state index in [9.17, 15) is 33.9 Å². The molecule has 5 rings (SSSR count). The van der Waals surface area contributed by atoms with Crippen LogP contribution in [-0.2, 0) is 41.6 Å². The van der Waals surface area contributed by atoms with Crippen LogP contribution in [0.1, 0.15) is 61.1 Å². The number of esters is 1. The van der Waals surface area contributed by atoms with Gasteiger partial charge in [0.2, 0.25) is 23.6 Å². The first-order valence-corrected chi connectivity index (χ1v) is 20.3. The van der Waals surface area contributed by atoms with E-state index in [2.05, 4.69) is 26.3 Å². The van der Waals surface area contributed by atoms with Crippen LogP contribution in [0.3, 0.4) is 0 Å². The van der Waals surface area contributed by atoms with Crippen LogP contribution in [-0.4, -0.2) is 107 Å². The molecule has 15 heteroatoms. The lowest BCUT2D eigenvalue weighted by Crippen LogP contribution is -2.59. The molecule has 6 unspecified atom stereocenters. The Hall–Kier alpha value is -6.19. The molecular formula is C45H55N7O8. The number of nitrogens with two attached hydrogens (primary N) is 1. The van der Waals surface area contributed by atoms with E-state index in [1.54, 1.807) is 18.2 Å². The minimum absolute atomic E-state index is 0.0224. The normalized spacial score (nSPS) is 17.0. The van der Waals surface area contributed by atoms with Crippen molar-refractivity contribution in [2.75, 3.05) is 20.2 Å². The molecule has 1 aliphatic rings. The number of rotatable bonds is 20. The number of likely N-dealkylation sites (tertiary alicyclic amines) is 1. The maximum absolute atomic E-state index is 14.0. The summed E-state index contributed by atoms with van der Waals surface area (Å²) in [6.45, 7) is 4.18. The standard InChI is InChI=1S/C45H55N7O8/c1-4-28(2)40(44(58)50-36(45(59)60-3)25-30-16-9-6-10-17-30)51-43(57)37-20-13-23-52(37)27-38(53)34(24-29-14-7-5-8-15-29)48-42(56)35(26-39(46)54)49-41(55)33-22-21-31-18-11-12-19-32(31)47-33/h5-12,14-19,21-22,28,34-38,40,53H,4,13,20,23-27H2,1-3H3,(H2,46,54)(H,48,56)(H,49,55)(H,50,58)(H,51,57)/t28?,34-,35?,36?,37?,38?,40?/m0/s1. The van der Waals surface area contributed by atoms with Gasteiger partial charge in [-0.05, 0) is 55.0 Å². The second kappa shape index (κ2) is 21.7. The molecule has 2 heterocycles. The molecule has 1 fully saturated rings. The van der Waals surface area contributed by atoms with Gasteiger partial charge in [0.1, 0.15) is 23.8 Å². The Labute approximate surface area is 349 Å². The van der Waals surface area contributed by atoms with E-state index in [4.69, 9.17) is 10.5 Å². The molecule has 318 valence electrons. The van der Waals surface area contributed by atoms with Crippen molar-refractivity contribution >= 4 is 46.4 Å². The summed E-state index contributed by atoms with van der Waals surface area (Å²) in [5.74, 6) is -4.08. The molecule has 1 aromatic heterocycles. The first kappa shape index (κ1) is 44.9. The van der Waals surface area contributed by atoms with Gasteiger partial charge in [0.05, 0.1) is 37.2 Å². The lowest BCUT2D eigenvalue weighted by molar-refractivity contribution is -0.145. The molecule has 0 bridgehead atoms. The summed E-state index contributed by atoms with van der Waals surface area (Å²) in [6, 6.07) is 23.9. The molecule has 0 radical (unpaired) electrons. The predicted molar refractivity (Wildman–Crippen MR) is 225 cm³/mol. The van der Waals surface area contributed by atoms with Crippen molar-refractivity contribution in [3.8, 4) is 0 Å². The summed E-state index contributed by atoms with van der Waals surface area (Å²) in [6.07, 6.45) is 0.307. The molecule has 60 heavy (non-hydrogen) atoms. The van der Waals surface area contributed by atoms with Gasteiger partial charge in [-0.2, -0.15) is 0 Å². The molecule has 0 spiro atoms. The van der Waals surface area contributed by atoms with Crippen molar-refractivity contribution in [3.05, 3.63) is 114 Å². The molecule has 15 nitrogen and oxygen atoms in total. The van der Waals surface area contributed by atoms with Gasteiger partial charge >= 0.3 is 5.97 Å². The van der Waals surface area contributed by atoms with E-state index in [1.807, 2.05) is 91.5 Å². The van der Waals surface area contributed by atoms with Gasteiger partial charge in [0.15, 0.2) is 0 Å². The van der Waals surface area contributed by atoms with Gasteiger partial charge in [-0.25, -0.2) is 9.78 Å². The van der Waals surface area contributed by atoms with E-state index in [0.29, 0.717) is 31.3 Å². The molecule has 7 atom stereocenters. The maximum Gasteiger partial charge on any atom is 0.328 e. The SMILES string of the molecule is CCC(C)C(NC(=O)C1CCCN1CC(O)[C@H](Cc1ccccc1)NC(=O)C(CC(N)=O)NC(=O)c1ccc2ccccc2n1)C(=O)NC(Cc1ccccc1)C(=O)OC. The number of primary amides is 1. The van der Waals surface area contributed by atoms with Crippen molar-refractivity contribution in [1.82, 2.24) is 31.2 Å². The Morgan fingerprint density at radius 1 is 0.817 bits per heavy atom. The third kappa shape index (κ3) is 12.4. The number of methoxy groups -OCH3 is 1. The zero-order valence-electron chi connectivity index (χ0n) is 34.2. The summed E-state index contributed by atoms with van der Waals surface area (Å²) in [4.78, 5) is 86.1. The van der Waals surface area contributed by atoms with E-state index in [0.717, 1.165) is 16.5 Å². The lowest BCUT2D eigenvalue weighted by Gasteiger charge is -2.33. The van der Waals surface area contributed by atoms with E-state index >= 15 is 0 Å². The Bertz CT molecular complexity index is 2100. The van der Waals surface area contributed by atoms with Gasteiger partial charge in [0, 0.05) is 18.4 Å². The average molecular weight is 822 g/mol. The van der Waals surface area contributed by atoms with Crippen LogP contribution in [0, 0.1) is 5.92 Å². The second-order valence-electron chi connectivity index (χ2n) is 15.3. The molecule has 7 N–H and O–H groups in total. The van der Waals surface area contributed by atoms with Crippen LogP contribution in [0.15, 0.2) is 97.1 Å². The highest BCUT2D eigenvalue weighted by atomic mass is 16.5. The molecule has 0 saturated carbocycles. The number of nitrogens with zero attached hydrogens (tertiary/aromatic N) is 2. The number of ether oxygens (including phenoxy) is 1. The number of aliphatic hydroxyl groups excluding tert-OH is 1. The van der Waals surface area contributed by atoms with Crippen LogP contribution in [0.25, 0.3) is 10.9 Å². The van der Waals surface area contributed by atoms with Crippen molar-refractivity contribution in [1.29, 1.82) is 0 Å². The number of pyridine rings is 1. The van der Waals surface area contributed by atoms with Crippen molar-refractivity contribution in [3.63, 3.8) is 0 Å². The van der Waals surface area contributed by atoms with Crippen LogP contribution < -0.4 is 27.0 Å². The third-order valence-electron chi connectivity index (χ3n) is 10.9. The van der Waals surface area contributed by atoms with E-state index in [-0.39, 0.29) is 31.0 Å². The topological polar surface area (TPSA) is 222 Å². The smallest absolute Gasteiger partial charge is 0.328 e. The number of aliphatic hydroxyl groups is 1. The number of carbonyl (C=O) groups excluding carboxylic acids is 6. The number of amides is 5. The summed E-state index contributed by atoms with van der Waals surface area (Å²) in [5, 5.41) is 23.8. The van der Waals surface area contributed by atoms with Gasteiger partial charge in [-0.1, -0.05) is 105 Å². The summed E-state index contributed by atoms with van der Waals surface area (Å²) >= 11 is 0. The van der Waals surface area contributed by atoms with Crippen molar-refractivity contribution in [2.24, 2.45) is 11.7 Å². The molecule has 0 aliphatic carbocycles. The average Bonchev–Trinajstić information content (AvgIpc) is 3.72. The van der Waals surface area contributed by atoms with Crippen LogP contribution in [0.5, 0.6) is 0 Å². The Morgan fingerprint density at radius 2 is 1.47 bits per heavy atom. The van der Waals surface area contributed by atoms with Crippen LogP contribution in [0.2, 0.25) is 0 Å². The number of nitrogens with one attached hydrogen (secondary N) is 4. The minimum Gasteiger partial charge on any atom is -0.467 e. The molecule has 3 aromatic carbocycles. The first-order valence-electron chi connectivity index (χ1n) is 20.3. The zero-order valence-corrected chi connectivity index (χ0v) is 34.2. The number of para-hydroxylation sites is 1. The fraction of sp³-hybridized carbons (Fsp3) is 0.400. The Morgan fingerprint density at radius 3 is 2.12 bits per heavy atom. The summed E-state index contributed by atoms with van der Waals surface area (Å²) in [5.41, 5.74) is 7.76. The van der Waals surface area contributed by atoms with Crippen molar-refractivity contribution in [2.45, 2.75) is 88.7 Å². The fourth-order valence-electron chi connectivity index (χ4n) is 7.38. The number of carbonyl (C=O) groups is 6. The Balaban J connectivity index is 1.29. The Kier molecular flexibility index (Phi) is 16.2. The monoisotopic (exact) mass is 821 g/mol. The number of fused-ring (bicyclic) bond motifs is 1. The molecule has 1 saturated heterocycles. The number of benzene rings is 3. The highest BCUT2D eigenvalue weighted by Crippen LogP contribution is 2.21. The molecule has 5 amide bonds. The lowest BCUT2D eigenvalue weighted by atomic mass is 9.96. The van der Waals surface area contributed by atoms with Gasteiger partial charge in [-0.15, -0.1) is 0 Å². The van der Waals surface area contributed by atoms with Gasteiger partial charge in [-0.3, -0.25) is 28.9 Å². The zero-order chi connectivity index (χ0) is 43.2. The second-order valence-corrected chi connectivity index (χ2v) is 15.3. The van der Waals surface area contributed by atoms with E-state index in [1.165, 1.54) is 13.2 Å². The van der Waals surface area contributed by atoms with Gasteiger partial charge < -0.3 is 36.8 Å². The fourth-order valence-corrected chi connectivity index (χ4v) is 7.38. The highest BCUT2D eigenvalue weighted by Gasteiger charge is 2.38. The molecule has 4 aromatic rings. The number of hydrogen-bond donors (Lipinski definition) is 6. The number of β-amino-alcohol motifs (C(OH)–C–C–N with tert-alkyl or cyclic N) is 1. The first-order chi connectivity index (χ1) is 28.9. The van der Waals surface area contributed by atoms with Crippen molar-refractivity contribution < 1.29 is 38.6 Å². The third-order valence-corrected chi connectivity index (χ3v) is 10.9. The summed E-state index contributed by atoms with van der Waals surface area (Å²) < 4.78 is 4.98. The quantitative estimate of drug-likeness (QED) is 0.0714. The molecule has 1 aliphatic heterocycles. The highest BCUT2D eigenvalue weighted by molar-refractivity contribution is 5.99. The predicted octanol–water partition coefficient (Wildman–Crippen LogP) is 2.19. The minimum atomic E-state index is -1.38.